The van der Waals surface area contributed by atoms with E-state index in [2.05, 4.69) is 43.2 Å². The lowest BCUT2D eigenvalue weighted by Crippen LogP contribution is -2.18. The van der Waals surface area contributed by atoms with Crippen molar-refractivity contribution in [3.8, 4) is 11.5 Å². The number of anilines is 1. The molecule has 1 N–H and O–H groups in total. The van der Waals surface area contributed by atoms with E-state index in [0.717, 1.165) is 40.8 Å². The van der Waals surface area contributed by atoms with Gasteiger partial charge >= 0.3 is 0 Å². The Hall–Kier alpha value is -3.08. The molecule has 0 fully saturated rings. The molecule has 3 aromatic rings. The Balaban J connectivity index is 1.74. The molecule has 0 radical (unpaired) electrons. The number of amides is 1. The third-order valence-electron chi connectivity index (χ3n) is 6.02. The molecule has 1 heterocycles. The molecule has 0 aliphatic heterocycles. The third kappa shape index (κ3) is 5.58. The summed E-state index contributed by atoms with van der Waals surface area (Å²) in [6.45, 7) is 6.71. The number of benzene rings is 2. The van der Waals surface area contributed by atoms with E-state index in [1.54, 1.807) is 20.4 Å². The maximum Gasteiger partial charge on any atom is 0.224 e. The average Bonchev–Trinajstić information content (AvgIpc) is 2.80. The van der Waals surface area contributed by atoms with Crippen LogP contribution in [-0.4, -0.2) is 25.1 Å². The molecule has 0 spiro atoms. The van der Waals surface area contributed by atoms with E-state index in [4.69, 9.17) is 9.47 Å². The largest absolute Gasteiger partial charge is 0.496 e. The van der Waals surface area contributed by atoms with E-state index in [-0.39, 0.29) is 11.3 Å². The van der Waals surface area contributed by atoms with Crippen molar-refractivity contribution in [1.82, 2.24) is 4.98 Å². The van der Waals surface area contributed by atoms with Crippen LogP contribution in [0.15, 0.2) is 48.7 Å². The van der Waals surface area contributed by atoms with Crippen LogP contribution in [0.4, 0.5) is 5.69 Å². The molecule has 170 valence electrons. The van der Waals surface area contributed by atoms with Crippen molar-refractivity contribution in [3.63, 3.8) is 0 Å². The highest BCUT2D eigenvalue weighted by Crippen LogP contribution is 2.38. The van der Waals surface area contributed by atoms with Crippen LogP contribution < -0.4 is 14.8 Å². The van der Waals surface area contributed by atoms with Gasteiger partial charge in [-0.1, -0.05) is 51.8 Å². The fourth-order valence-electron chi connectivity index (χ4n) is 3.99. The van der Waals surface area contributed by atoms with Gasteiger partial charge in [0.25, 0.3) is 0 Å². The Labute approximate surface area is 191 Å². The van der Waals surface area contributed by atoms with Gasteiger partial charge < -0.3 is 14.8 Å². The minimum atomic E-state index is -0.0708. The molecule has 0 bridgehead atoms. The van der Waals surface area contributed by atoms with Crippen LogP contribution in [0.3, 0.4) is 0 Å². The molecule has 0 atom stereocenters. The summed E-state index contributed by atoms with van der Waals surface area (Å²) in [5.41, 5.74) is 3.73. The number of carbonyl (C=O) groups excluding carboxylic acids is 1. The summed E-state index contributed by atoms with van der Waals surface area (Å²) < 4.78 is 11.4. The maximum absolute atomic E-state index is 12.6. The lowest BCUT2D eigenvalue weighted by atomic mass is 9.79. The van der Waals surface area contributed by atoms with Gasteiger partial charge in [0.2, 0.25) is 5.91 Å². The number of methoxy groups -OCH3 is 2. The molecule has 2 aromatic carbocycles. The molecule has 1 amide bonds. The summed E-state index contributed by atoms with van der Waals surface area (Å²) in [6.07, 6.45) is 5.96. The molecule has 5 heteroatoms. The van der Waals surface area contributed by atoms with Crippen molar-refractivity contribution in [3.05, 3.63) is 59.8 Å². The quantitative estimate of drug-likeness (QED) is 0.407. The highest BCUT2D eigenvalue weighted by molar-refractivity contribution is 5.93. The number of unbranched alkanes of at least 4 members (excludes halogenated alkanes) is 1. The standard InChI is InChI=1S/C27H34N2O3/c1-6-7-14-27(2,3)20-16-24(31-4)22(25(17-20)32-5)12-13-26(30)29-21-15-19-10-8-9-11-23(19)28-18-21/h8-11,15-18H,6-7,12-14H2,1-5H3,(H,29,30). The number of pyridine rings is 1. The van der Waals surface area contributed by atoms with E-state index in [9.17, 15) is 4.79 Å². The Morgan fingerprint density at radius 2 is 1.75 bits per heavy atom. The number of nitrogens with one attached hydrogen (secondary N) is 1. The first-order valence-electron chi connectivity index (χ1n) is 11.3. The predicted molar refractivity (Wildman–Crippen MR) is 131 cm³/mol. The second kappa shape index (κ2) is 10.5. The van der Waals surface area contributed by atoms with Crippen LogP contribution >= 0.6 is 0 Å². The molecule has 0 unspecified atom stereocenters. The number of fused-ring (bicyclic) bond motifs is 1. The molecule has 3 rings (SSSR count). The van der Waals surface area contributed by atoms with Gasteiger partial charge in [-0.25, -0.2) is 0 Å². The summed E-state index contributed by atoms with van der Waals surface area (Å²) in [4.78, 5) is 17.1. The first kappa shape index (κ1) is 23.6. The fraction of sp³-hybridized carbons (Fsp3) is 0.407. The van der Waals surface area contributed by atoms with Crippen molar-refractivity contribution in [2.45, 2.75) is 58.3 Å². The molecular formula is C27H34N2O3. The Morgan fingerprint density at radius 3 is 2.41 bits per heavy atom. The Morgan fingerprint density at radius 1 is 1.06 bits per heavy atom. The molecule has 0 aliphatic carbocycles. The van der Waals surface area contributed by atoms with Crippen LogP contribution in [0.2, 0.25) is 0 Å². The lowest BCUT2D eigenvalue weighted by molar-refractivity contribution is -0.116. The molecular weight excluding hydrogens is 400 g/mol. The third-order valence-corrected chi connectivity index (χ3v) is 6.02. The van der Waals surface area contributed by atoms with Crippen molar-refractivity contribution in [2.24, 2.45) is 0 Å². The zero-order chi connectivity index (χ0) is 23.1. The van der Waals surface area contributed by atoms with Crippen LogP contribution in [0.5, 0.6) is 11.5 Å². The number of aromatic nitrogens is 1. The van der Waals surface area contributed by atoms with Crippen molar-refractivity contribution in [2.75, 3.05) is 19.5 Å². The van der Waals surface area contributed by atoms with Gasteiger partial charge in [0.15, 0.2) is 0 Å². The van der Waals surface area contributed by atoms with Crippen LogP contribution in [-0.2, 0) is 16.6 Å². The van der Waals surface area contributed by atoms with Crippen LogP contribution in [0, 0.1) is 0 Å². The first-order chi connectivity index (χ1) is 15.4. The van der Waals surface area contributed by atoms with E-state index < -0.39 is 0 Å². The number of rotatable bonds is 10. The molecule has 5 nitrogen and oxygen atoms in total. The van der Waals surface area contributed by atoms with Crippen LogP contribution in [0.1, 0.15) is 57.6 Å². The van der Waals surface area contributed by atoms with Gasteiger partial charge in [-0.3, -0.25) is 9.78 Å². The predicted octanol–water partition coefficient (Wildman–Crippen LogP) is 6.29. The number of ether oxygens (including phenoxy) is 2. The highest BCUT2D eigenvalue weighted by Gasteiger charge is 2.24. The summed E-state index contributed by atoms with van der Waals surface area (Å²) in [7, 11) is 3.34. The van der Waals surface area contributed by atoms with Crippen molar-refractivity contribution >= 4 is 22.5 Å². The zero-order valence-corrected chi connectivity index (χ0v) is 19.8. The number of hydrogen-bond donors (Lipinski definition) is 1. The first-order valence-corrected chi connectivity index (χ1v) is 11.3. The van der Waals surface area contributed by atoms with Gasteiger partial charge in [0.1, 0.15) is 11.5 Å². The average molecular weight is 435 g/mol. The van der Waals surface area contributed by atoms with Crippen molar-refractivity contribution in [1.29, 1.82) is 0 Å². The SMILES string of the molecule is CCCCC(C)(C)c1cc(OC)c(CCC(=O)Nc2cnc3ccccc3c2)c(OC)c1. The van der Waals surface area contributed by atoms with E-state index in [1.165, 1.54) is 12.0 Å². The molecule has 0 aliphatic rings. The van der Waals surface area contributed by atoms with Gasteiger partial charge in [-0.2, -0.15) is 0 Å². The zero-order valence-electron chi connectivity index (χ0n) is 19.8. The fourth-order valence-corrected chi connectivity index (χ4v) is 3.99. The number of para-hydroxylation sites is 1. The summed E-state index contributed by atoms with van der Waals surface area (Å²) >= 11 is 0. The molecule has 0 saturated carbocycles. The van der Waals surface area contributed by atoms with E-state index >= 15 is 0 Å². The summed E-state index contributed by atoms with van der Waals surface area (Å²) in [5.74, 6) is 1.46. The highest BCUT2D eigenvalue weighted by atomic mass is 16.5. The van der Waals surface area contributed by atoms with Gasteiger partial charge in [0, 0.05) is 17.4 Å². The second-order valence-corrected chi connectivity index (χ2v) is 8.81. The Bertz CT molecular complexity index is 1050. The van der Waals surface area contributed by atoms with E-state index in [1.807, 2.05) is 30.3 Å². The lowest BCUT2D eigenvalue weighted by Gasteiger charge is -2.27. The number of nitrogens with zero attached hydrogens (tertiary/aromatic N) is 1. The number of carbonyl (C=O) groups is 1. The smallest absolute Gasteiger partial charge is 0.224 e. The van der Waals surface area contributed by atoms with Gasteiger partial charge in [-0.05, 0) is 48.1 Å². The molecule has 1 aromatic heterocycles. The molecule has 32 heavy (non-hydrogen) atoms. The van der Waals surface area contributed by atoms with Gasteiger partial charge in [0.05, 0.1) is 31.6 Å². The maximum atomic E-state index is 12.6. The summed E-state index contributed by atoms with van der Waals surface area (Å²) in [5, 5.41) is 3.95. The van der Waals surface area contributed by atoms with E-state index in [0.29, 0.717) is 18.5 Å². The van der Waals surface area contributed by atoms with Gasteiger partial charge in [-0.15, -0.1) is 0 Å². The Kier molecular flexibility index (Phi) is 7.73. The van der Waals surface area contributed by atoms with Crippen molar-refractivity contribution < 1.29 is 14.3 Å². The molecule has 0 saturated heterocycles. The minimum absolute atomic E-state index is 0.0234. The monoisotopic (exact) mass is 434 g/mol. The minimum Gasteiger partial charge on any atom is -0.496 e. The topological polar surface area (TPSA) is 60.5 Å². The normalized spacial score (nSPS) is 11.4. The summed E-state index contributed by atoms with van der Waals surface area (Å²) in [6, 6.07) is 14.0. The number of hydrogen-bond acceptors (Lipinski definition) is 4. The second-order valence-electron chi connectivity index (χ2n) is 8.81. The van der Waals surface area contributed by atoms with Crippen LogP contribution in [0.25, 0.3) is 10.9 Å².